The lowest BCUT2D eigenvalue weighted by atomic mass is 9.89. The van der Waals surface area contributed by atoms with Crippen LogP contribution in [0.3, 0.4) is 0 Å². The van der Waals surface area contributed by atoms with Crippen LogP contribution in [0.2, 0.25) is 0 Å². The van der Waals surface area contributed by atoms with Crippen LogP contribution >= 0.6 is 0 Å². The number of carbonyl (C=O) groups is 2. The van der Waals surface area contributed by atoms with E-state index in [0.717, 1.165) is 29.4 Å². The van der Waals surface area contributed by atoms with Crippen LogP contribution in [0.15, 0.2) is 47.5 Å². The maximum Gasteiger partial charge on any atom is 0.263 e. The third kappa shape index (κ3) is 3.62. The number of aryl methyl sites for hydroxylation is 1. The summed E-state index contributed by atoms with van der Waals surface area (Å²) < 4.78 is 1.42. The van der Waals surface area contributed by atoms with E-state index in [9.17, 15) is 14.4 Å². The van der Waals surface area contributed by atoms with Gasteiger partial charge < -0.3 is 19.8 Å². The van der Waals surface area contributed by atoms with Gasteiger partial charge in [-0.15, -0.1) is 0 Å². The Labute approximate surface area is 185 Å². The Morgan fingerprint density at radius 3 is 2.81 bits per heavy atom. The lowest BCUT2D eigenvalue weighted by molar-refractivity contribution is -0.117. The number of aromatic amines is 1. The first-order valence-corrected chi connectivity index (χ1v) is 10.9. The molecule has 8 heteroatoms. The molecule has 164 valence electrons. The smallest absolute Gasteiger partial charge is 0.263 e. The van der Waals surface area contributed by atoms with E-state index in [1.807, 2.05) is 24.4 Å². The van der Waals surface area contributed by atoms with Gasteiger partial charge in [0.2, 0.25) is 5.91 Å². The zero-order valence-electron chi connectivity index (χ0n) is 18.1. The highest BCUT2D eigenvalue weighted by molar-refractivity contribution is 5.98. The highest BCUT2D eigenvalue weighted by atomic mass is 16.2. The zero-order chi connectivity index (χ0) is 22.4. The molecule has 0 unspecified atom stereocenters. The number of rotatable bonds is 4. The molecular weight excluding hydrogens is 406 g/mol. The fourth-order valence-corrected chi connectivity index (χ4v) is 4.30. The van der Waals surface area contributed by atoms with E-state index >= 15 is 0 Å². The van der Waals surface area contributed by atoms with Crippen LogP contribution in [0.1, 0.15) is 35.7 Å². The van der Waals surface area contributed by atoms with Crippen LogP contribution in [0.4, 0.5) is 5.82 Å². The van der Waals surface area contributed by atoms with Crippen molar-refractivity contribution in [1.29, 1.82) is 0 Å². The van der Waals surface area contributed by atoms with Crippen molar-refractivity contribution in [3.05, 3.63) is 64.2 Å². The molecule has 5 rings (SSSR count). The van der Waals surface area contributed by atoms with Crippen molar-refractivity contribution >= 4 is 34.2 Å². The third-order valence-electron chi connectivity index (χ3n) is 6.24. The molecule has 3 aromatic rings. The summed E-state index contributed by atoms with van der Waals surface area (Å²) in [7, 11) is 1.64. The number of anilines is 1. The normalized spacial score (nSPS) is 18.5. The second kappa shape index (κ2) is 7.78. The lowest BCUT2D eigenvalue weighted by Gasteiger charge is -2.31. The molecule has 1 aliphatic carbocycles. The van der Waals surface area contributed by atoms with Crippen LogP contribution in [-0.2, 0) is 11.8 Å². The number of nitrogens with one attached hydrogen (secondary N) is 2. The van der Waals surface area contributed by atoms with Gasteiger partial charge >= 0.3 is 0 Å². The van der Waals surface area contributed by atoms with Gasteiger partial charge in [-0.1, -0.05) is 13.0 Å². The van der Waals surface area contributed by atoms with Crippen molar-refractivity contribution in [1.82, 2.24) is 19.4 Å². The van der Waals surface area contributed by atoms with Crippen molar-refractivity contribution in [2.24, 2.45) is 18.9 Å². The second-order valence-corrected chi connectivity index (χ2v) is 8.67. The van der Waals surface area contributed by atoms with Gasteiger partial charge in [-0.25, -0.2) is 4.98 Å². The minimum Gasteiger partial charge on any atom is -0.346 e. The molecule has 1 fully saturated rings. The van der Waals surface area contributed by atoms with E-state index < -0.39 is 0 Å². The Bertz CT molecular complexity index is 1310. The summed E-state index contributed by atoms with van der Waals surface area (Å²) in [5.74, 6) is 0.435. The van der Waals surface area contributed by atoms with E-state index in [1.54, 1.807) is 30.3 Å². The number of fused-ring (bicyclic) bond motifs is 1. The van der Waals surface area contributed by atoms with Crippen molar-refractivity contribution < 1.29 is 9.59 Å². The molecule has 0 radical (unpaired) electrons. The van der Waals surface area contributed by atoms with Crippen LogP contribution in [-0.4, -0.2) is 44.3 Å². The number of amides is 2. The van der Waals surface area contributed by atoms with Gasteiger partial charge in [-0.2, -0.15) is 0 Å². The minimum absolute atomic E-state index is 0.0150. The van der Waals surface area contributed by atoms with E-state index in [2.05, 4.69) is 22.2 Å². The van der Waals surface area contributed by atoms with E-state index in [0.29, 0.717) is 24.6 Å². The molecule has 3 aromatic heterocycles. The van der Waals surface area contributed by atoms with E-state index in [-0.39, 0.29) is 34.8 Å². The number of nitrogens with zero attached hydrogens (tertiary/aromatic N) is 3. The summed E-state index contributed by atoms with van der Waals surface area (Å²) in [5, 5.41) is 3.92. The SMILES string of the molecule is C[C@@H]1CN(C(=O)c2cccn(C)c2=O)CC=C1c1cc(NC(=O)C2CC2)nc2[nH]ccc12. The minimum atomic E-state index is -0.292. The molecule has 4 heterocycles. The summed E-state index contributed by atoms with van der Waals surface area (Å²) in [6.45, 7) is 2.98. The molecule has 0 saturated heterocycles. The Morgan fingerprint density at radius 1 is 1.25 bits per heavy atom. The number of H-pyrrole nitrogens is 1. The van der Waals surface area contributed by atoms with Crippen LogP contribution in [0.5, 0.6) is 0 Å². The van der Waals surface area contributed by atoms with Gasteiger partial charge in [0, 0.05) is 43.8 Å². The number of aromatic nitrogens is 3. The maximum absolute atomic E-state index is 13.0. The standard InChI is InChI=1S/C24H25N5O3/c1-14-13-29(24(32)18-4-3-10-28(2)23(18)31)11-8-16(14)19-12-20(27-22(30)15-5-6-15)26-21-17(19)7-9-25-21/h3-4,7-10,12,14-15H,5-6,11,13H2,1-2H3,(H2,25,26,27,30)/t14-/m1/s1. The van der Waals surface area contributed by atoms with E-state index in [1.165, 1.54) is 4.57 Å². The fourth-order valence-electron chi connectivity index (χ4n) is 4.30. The van der Waals surface area contributed by atoms with Gasteiger partial charge in [-0.3, -0.25) is 14.4 Å². The van der Waals surface area contributed by atoms with Gasteiger partial charge in [0.1, 0.15) is 17.0 Å². The number of carbonyl (C=O) groups excluding carboxylic acids is 2. The summed E-state index contributed by atoms with van der Waals surface area (Å²) >= 11 is 0. The molecule has 1 atom stereocenters. The number of hydrogen-bond acceptors (Lipinski definition) is 4. The molecule has 2 N–H and O–H groups in total. The second-order valence-electron chi connectivity index (χ2n) is 8.67. The first-order chi connectivity index (χ1) is 15.4. The van der Waals surface area contributed by atoms with Gasteiger partial charge in [0.25, 0.3) is 11.5 Å². The Morgan fingerprint density at radius 2 is 2.06 bits per heavy atom. The van der Waals surface area contributed by atoms with Crippen molar-refractivity contribution in [2.75, 3.05) is 18.4 Å². The Kier molecular flexibility index (Phi) is 4.92. The monoisotopic (exact) mass is 431 g/mol. The predicted octanol–water partition coefficient (Wildman–Crippen LogP) is 2.79. The summed E-state index contributed by atoms with van der Waals surface area (Å²) in [6, 6.07) is 7.18. The molecule has 1 aliphatic heterocycles. The molecular formula is C24H25N5O3. The lowest BCUT2D eigenvalue weighted by Crippen LogP contribution is -2.41. The predicted molar refractivity (Wildman–Crippen MR) is 122 cm³/mol. The van der Waals surface area contributed by atoms with Crippen LogP contribution < -0.4 is 10.9 Å². The number of hydrogen-bond donors (Lipinski definition) is 2. The first kappa shape index (κ1) is 20.2. The molecule has 0 bridgehead atoms. The van der Waals surface area contributed by atoms with E-state index in [4.69, 9.17) is 0 Å². The topological polar surface area (TPSA) is 100 Å². The highest BCUT2D eigenvalue weighted by Crippen LogP contribution is 2.35. The highest BCUT2D eigenvalue weighted by Gasteiger charge is 2.31. The van der Waals surface area contributed by atoms with Crippen LogP contribution in [0.25, 0.3) is 16.6 Å². The molecule has 8 nitrogen and oxygen atoms in total. The maximum atomic E-state index is 13.0. The average Bonchev–Trinajstić information content (AvgIpc) is 3.53. The molecule has 0 spiro atoms. The van der Waals surface area contributed by atoms with Crippen LogP contribution in [0, 0.1) is 11.8 Å². The zero-order valence-corrected chi connectivity index (χ0v) is 18.1. The number of pyridine rings is 2. The van der Waals surface area contributed by atoms with Gasteiger partial charge in [0.05, 0.1) is 0 Å². The molecule has 2 amide bonds. The quantitative estimate of drug-likeness (QED) is 0.663. The molecule has 1 saturated carbocycles. The largest absolute Gasteiger partial charge is 0.346 e. The molecule has 2 aliphatic rings. The Hall–Kier alpha value is -3.68. The fraction of sp³-hybridized carbons (Fsp3) is 0.333. The van der Waals surface area contributed by atoms with Crippen molar-refractivity contribution in [3.8, 4) is 0 Å². The average molecular weight is 431 g/mol. The summed E-state index contributed by atoms with van der Waals surface area (Å²) in [4.78, 5) is 47.0. The third-order valence-corrected chi connectivity index (χ3v) is 6.24. The molecule has 0 aromatic carbocycles. The van der Waals surface area contributed by atoms with Crippen molar-refractivity contribution in [3.63, 3.8) is 0 Å². The summed E-state index contributed by atoms with van der Waals surface area (Å²) in [5.41, 5.74) is 2.70. The Balaban J connectivity index is 1.45. The van der Waals surface area contributed by atoms with Crippen molar-refractivity contribution in [2.45, 2.75) is 19.8 Å². The molecule has 32 heavy (non-hydrogen) atoms. The van der Waals surface area contributed by atoms with Gasteiger partial charge in [0.15, 0.2) is 0 Å². The summed E-state index contributed by atoms with van der Waals surface area (Å²) in [6.07, 6.45) is 7.37. The first-order valence-electron chi connectivity index (χ1n) is 10.9. The van der Waals surface area contributed by atoms with Gasteiger partial charge in [-0.05, 0) is 54.2 Å².